The number of hydrogen-bond acceptors (Lipinski definition) is 3. The Bertz CT molecular complexity index is 783. The first-order chi connectivity index (χ1) is 10.8. The van der Waals surface area contributed by atoms with Gasteiger partial charge in [-0.1, -0.05) is 42.5 Å². The summed E-state index contributed by atoms with van der Waals surface area (Å²) < 4.78 is 5.62. The summed E-state index contributed by atoms with van der Waals surface area (Å²) in [5, 5.41) is 15.7. The summed E-state index contributed by atoms with van der Waals surface area (Å²) >= 11 is 0. The number of hydrogen-bond donors (Lipinski definition) is 2. The van der Waals surface area contributed by atoms with Crippen molar-refractivity contribution in [2.75, 3.05) is 11.9 Å². The summed E-state index contributed by atoms with van der Waals surface area (Å²) in [6, 6.07) is 19.6. The molecule has 0 aliphatic carbocycles. The Labute approximate surface area is 130 Å². The minimum Gasteiger partial charge on any atom is -0.508 e. The predicted molar refractivity (Wildman–Crippen MR) is 90.6 cm³/mol. The van der Waals surface area contributed by atoms with E-state index in [0.717, 1.165) is 27.8 Å². The summed E-state index contributed by atoms with van der Waals surface area (Å²) in [6.45, 7) is 3.13. The van der Waals surface area contributed by atoms with Crippen molar-refractivity contribution in [1.82, 2.24) is 0 Å². The van der Waals surface area contributed by atoms with E-state index in [2.05, 4.69) is 5.32 Å². The van der Waals surface area contributed by atoms with Crippen molar-refractivity contribution in [2.45, 2.75) is 13.5 Å². The molecule has 22 heavy (non-hydrogen) atoms. The van der Waals surface area contributed by atoms with E-state index in [1.165, 1.54) is 0 Å². The smallest absolute Gasteiger partial charge is 0.142 e. The average molecular weight is 293 g/mol. The number of nitrogens with one attached hydrogen (secondary N) is 1. The molecule has 0 aromatic heterocycles. The molecule has 0 aliphatic heterocycles. The van der Waals surface area contributed by atoms with Gasteiger partial charge in [0.15, 0.2) is 0 Å². The molecular weight excluding hydrogens is 274 g/mol. The van der Waals surface area contributed by atoms with Gasteiger partial charge in [-0.3, -0.25) is 0 Å². The van der Waals surface area contributed by atoms with Gasteiger partial charge in [-0.15, -0.1) is 0 Å². The maximum atomic E-state index is 10.2. The van der Waals surface area contributed by atoms with Crippen molar-refractivity contribution >= 4 is 16.5 Å². The first kappa shape index (κ1) is 14.3. The molecule has 3 aromatic carbocycles. The largest absolute Gasteiger partial charge is 0.508 e. The second-order valence-electron chi connectivity index (χ2n) is 5.07. The van der Waals surface area contributed by atoms with Crippen LogP contribution in [0.1, 0.15) is 12.5 Å². The van der Waals surface area contributed by atoms with Crippen LogP contribution in [0.4, 0.5) is 5.69 Å². The molecule has 0 unspecified atom stereocenters. The normalized spacial score (nSPS) is 10.6. The minimum absolute atomic E-state index is 0.306. The van der Waals surface area contributed by atoms with Crippen LogP contribution in [-0.4, -0.2) is 11.7 Å². The number of aromatic hydroxyl groups is 1. The third kappa shape index (κ3) is 2.84. The van der Waals surface area contributed by atoms with E-state index in [-0.39, 0.29) is 0 Å². The van der Waals surface area contributed by atoms with E-state index in [1.54, 1.807) is 6.07 Å². The Kier molecular flexibility index (Phi) is 4.15. The number of anilines is 1. The Hall–Kier alpha value is -2.68. The van der Waals surface area contributed by atoms with E-state index in [4.69, 9.17) is 4.74 Å². The molecule has 0 amide bonds. The maximum absolute atomic E-state index is 10.2. The van der Waals surface area contributed by atoms with Gasteiger partial charge in [-0.2, -0.15) is 0 Å². The zero-order valence-electron chi connectivity index (χ0n) is 12.5. The van der Waals surface area contributed by atoms with Gasteiger partial charge >= 0.3 is 0 Å². The third-order valence-electron chi connectivity index (χ3n) is 3.66. The van der Waals surface area contributed by atoms with Gasteiger partial charge in [0.25, 0.3) is 0 Å². The number of rotatable bonds is 5. The quantitative estimate of drug-likeness (QED) is 0.724. The predicted octanol–water partition coefficient (Wildman–Crippen LogP) is 4.56. The molecule has 0 atom stereocenters. The van der Waals surface area contributed by atoms with Crippen molar-refractivity contribution in [3.05, 3.63) is 66.2 Å². The molecule has 0 bridgehead atoms. The van der Waals surface area contributed by atoms with E-state index in [1.807, 2.05) is 61.5 Å². The molecule has 0 radical (unpaired) electrons. The first-order valence-electron chi connectivity index (χ1n) is 7.45. The van der Waals surface area contributed by atoms with E-state index >= 15 is 0 Å². The van der Waals surface area contributed by atoms with Gasteiger partial charge in [0.2, 0.25) is 0 Å². The summed E-state index contributed by atoms with van der Waals surface area (Å²) in [7, 11) is 0. The fraction of sp³-hybridized carbons (Fsp3) is 0.158. The van der Waals surface area contributed by atoms with E-state index in [0.29, 0.717) is 18.9 Å². The fourth-order valence-corrected chi connectivity index (χ4v) is 2.59. The lowest BCUT2D eigenvalue weighted by Gasteiger charge is -2.14. The number of para-hydroxylation sites is 2. The number of benzene rings is 3. The van der Waals surface area contributed by atoms with Gasteiger partial charge in [0, 0.05) is 12.1 Å². The average Bonchev–Trinajstić information content (AvgIpc) is 2.55. The van der Waals surface area contributed by atoms with Crippen LogP contribution >= 0.6 is 0 Å². The summed E-state index contributed by atoms with van der Waals surface area (Å²) in [5.74, 6) is 1.13. The van der Waals surface area contributed by atoms with Gasteiger partial charge < -0.3 is 15.2 Å². The lowest BCUT2D eigenvalue weighted by Crippen LogP contribution is -2.03. The molecule has 0 saturated carbocycles. The molecule has 0 saturated heterocycles. The van der Waals surface area contributed by atoms with Crippen LogP contribution in [0.25, 0.3) is 10.8 Å². The van der Waals surface area contributed by atoms with Gasteiger partial charge in [0.05, 0.1) is 12.3 Å². The number of phenolic OH excluding ortho intramolecular Hbond substituents is 1. The van der Waals surface area contributed by atoms with Crippen LogP contribution in [0.3, 0.4) is 0 Å². The highest BCUT2D eigenvalue weighted by Crippen LogP contribution is 2.30. The molecule has 3 rings (SSSR count). The van der Waals surface area contributed by atoms with Crippen molar-refractivity contribution < 1.29 is 9.84 Å². The molecule has 3 aromatic rings. The van der Waals surface area contributed by atoms with Crippen molar-refractivity contribution in [2.24, 2.45) is 0 Å². The molecule has 3 nitrogen and oxygen atoms in total. The first-order valence-corrected chi connectivity index (χ1v) is 7.45. The lowest BCUT2D eigenvalue weighted by atomic mass is 10.0. The standard InChI is InChI=1S/C19H19NO2/c1-2-22-19-10-6-5-9-17(19)20-13-16-15-8-4-3-7-14(15)11-12-18(16)21/h3-12,20-21H,2,13H2,1H3. The molecule has 0 aliphatic rings. The Balaban J connectivity index is 1.90. The zero-order chi connectivity index (χ0) is 15.4. The van der Waals surface area contributed by atoms with Crippen LogP contribution < -0.4 is 10.1 Å². The third-order valence-corrected chi connectivity index (χ3v) is 3.66. The molecule has 0 heterocycles. The fourth-order valence-electron chi connectivity index (χ4n) is 2.59. The van der Waals surface area contributed by atoms with Gasteiger partial charge in [-0.25, -0.2) is 0 Å². The summed E-state index contributed by atoms with van der Waals surface area (Å²) in [5.41, 5.74) is 1.82. The monoisotopic (exact) mass is 293 g/mol. The van der Waals surface area contributed by atoms with Crippen LogP contribution in [0.5, 0.6) is 11.5 Å². The minimum atomic E-state index is 0.306. The van der Waals surface area contributed by atoms with E-state index in [9.17, 15) is 5.11 Å². The van der Waals surface area contributed by atoms with Crippen LogP contribution in [0, 0.1) is 0 Å². The molecule has 0 fully saturated rings. The van der Waals surface area contributed by atoms with Crippen molar-refractivity contribution in [1.29, 1.82) is 0 Å². The topological polar surface area (TPSA) is 41.5 Å². The number of ether oxygens (including phenoxy) is 1. The summed E-state index contributed by atoms with van der Waals surface area (Å²) in [4.78, 5) is 0. The Morgan fingerprint density at radius 2 is 1.73 bits per heavy atom. The Morgan fingerprint density at radius 3 is 2.59 bits per heavy atom. The molecule has 0 spiro atoms. The highest BCUT2D eigenvalue weighted by molar-refractivity contribution is 5.87. The highest BCUT2D eigenvalue weighted by Gasteiger charge is 2.08. The maximum Gasteiger partial charge on any atom is 0.142 e. The van der Waals surface area contributed by atoms with Gasteiger partial charge in [0.1, 0.15) is 11.5 Å². The lowest BCUT2D eigenvalue weighted by molar-refractivity contribution is 0.341. The van der Waals surface area contributed by atoms with Crippen molar-refractivity contribution in [3.8, 4) is 11.5 Å². The van der Waals surface area contributed by atoms with Crippen LogP contribution in [0.15, 0.2) is 60.7 Å². The van der Waals surface area contributed by atoms with Crippen molar-refractivity contribution in [3.63, 3.8) is 0 Å². The SMILES string of the molecule is CCOc1ccccc1NCc1c(O)ccc2ccccc12. The molecule has 2 N–H and O–H groups in total. The van der Waals surface area contributed by atoms with Crippen LogP contribution in [0.2, 0.25) is 0 Å². The van der Waals surface area contributed by atoms with Crippen LogP contribution in [-0.2, 0) is 6.54 Å². The van der Waals surface area contributed by atoms with Gasteiger partial charge in [-0.05, 0) is 35.9 Å². The highest BCUT2D eigenvalue weighted by atomic mass is 16.5. The number of phenols is 1. The summed E-state index contributed by atoms with van der Waals surface area (Å²) in [6.07, 6.45) is 0. The number of fused-ring (bicyclic) bond motifs is 1. The zero-order valence-corrected chi connectivity index (χ0v) is 12.5. The molecule has 3 heteroatoms. The second kappa shape index (κ2) is 6.39. The second-order valence-corrected chi connectivity index (χ2v) is 5.07. The molecular formula is C19H19NO2. The Morgan fingerprint density at radius 1 is 0.955 bits per heavy atom. The van der Waals surface area contributed by atoms with E-state index < -0.39 is 0 Å². The molecule has 112 valence electrons.